The highest BCUT2D eigenvalue weighted by atomic mass is 16.4. The Bertz CT molecular complexity index is 344. The van der Waals surface area contributed by atoms with Gasteiger partial charge in [-0.15, -0.1) is 0 Å². The number of carbonyl (C=O) groups is 3. The molecule has 0 spiro atoms. The molecule has 6 heteroatoms. The Hall–Kier alpha value is -1.43. The van der Waals surface area contributed by atoms with Gasteiger partial charge in [0.15, 0.2) is 0 Å². The summed E-state index contributed by atoms with van der Waals surface area (Å²) in [6.45, 7) is 3.66. The van der Waals surface area contributed by atoms with Gasteiger partial charge in [-0.25, -0.2) is 0 Å². The molecule has 17 heavy (non-hydrogen) atoms. The van der Waals surface area contributed by atoms with Crippen LogP contribution in [0.5, 0.6) is 0 Å². The molecule has 94 valence electrons. The number of rotatable bonds is 4. The van der Waals surface area contributed by atoms with Crippen molar-refractivity contribution in [1.29, 1.82) is 0 Å². The Morgan fingerprint density at radius 2 is 1.82 bits per heavy atom. The predicted molar refractivity (Wildman–Crippen MR) is 58.1 cm³/mol. The van der Waals surface area contributed by atoms with Crippen LogP contribution in [-0.2, 0) is 14.4 Å². The van der Waals surface area contributed by atoms with Crippen LogP contribution in [0.1, 0.15) is 13.3 Å². The van der Waals surface area contributed by atoms with E-state index < -0.39 is 5.97 Å². The summed E-state index contributed by atoms with van der Waals surface area (Å²) >= 11 is 0. The van der Waals surface area contributed by atoms with E-state index in [4.69, 9.17) is 5.11 Å². The molecule has 2 atom stereocenters. The maximum atomic E-state index is 11.9. The lowest BCUT2D eigenvalue weighted by molar-refractivity contribution is -0.140. The minimum atomic E-state index is -0.852. The molecular weight excluding hydrogens is 224 g/mol. The van der Waals surface area contributed by atoms with Crippen LogP contribution in [-0.4, -0.2) is 58.9 Å². The highest BCUT2D eigenvalue weighted by molar-refractivity contribution is 6.05. The van der Waals surface area contributed by atoms with Crippen molar-refractivity contribution in [3.05, 3.63) is 0 Å². The first-order valence-corrected chi connectivity index (χ1v) is 5.84. The standard InChI is InChI=1S/C11H16N2O4/c1-2-13-10(16)7-5-12(4-3-9(14)15)6-8(7)11(13)17/h7-8H,2-6H2,1H3,(H,14,15)/t7-,8+. The quantitative estimate of drug-likeness (QED) is 0.664. The molecule has 0 unspecified atom stereocenters. The summed E-state index contributed by atoms with van der Waals surface area (Å²) in [6, 6.07) is 0. The summed E-state index contributed by atoms with van der Waals surface area (Å²) in [7, 11) is 0. The molecule has 1 N–H and O–H groups in total. The van der Waals surface area contributed by atoms with E-state index in [1.807, 2.05) is 4.90 Å². The zero-order chi connectivity index (χ0) is 12.6. The third kappa shape index (κ3) is 2.04. The third-order valence-corrected chi connectivity index (χ3v) is 3.52. The molecule has 2 rings (SSSR count). The minimum absolute atomic E-state index is 0.0549. The normalized spacial score (nSPS) is 28.9. The minimum Gasteiger partial charge on any atom is -0.481 e. The Morgan fingerprint density at radius 1 is 1.29 bits per heavy atom. The lowest BCUT2D eigenvalue weighted by atomic mass is 10.00. The first kappa shape index (κ1) is 12.0. The van der Waals surface area contributed by atoms with Crippen molar-refractivity contribution in [3.63, 3.8) is 0 Å². The monoisotopic (exact) mass is 240 g/mol. The number of carbonyl (C=O) groups excluding carboxylic acids is 2. The van der Waals surface area contributed by atoms with Crippen LogP contribution >= 0.6 is 0 Å². The first-order valence-electron chi connectivity index (χ1n) is 5.84. The van der Waals surface area contributed by atoms with Gasteiger partial charge < -0.3 is 10.0 Å². The van der Waals surface area contributed by atoms with E-state index in [0.717, 1.165) is 0 Å². The van der Waals surface area contributed by atoms with Crippen LogP contribution in [0.25, 0.3) is 0 Å². The molecular formula is C11H16N2O4. The topological polar surface area (TPSA) is 77.9 Å². The number of fused-ring (bicyclic) bond motifs is 1. The van der Waals surface area contributed by atoms with E-state index in [9.17, 15) is 14.4 Å². The van der Waals surface area contributed by atoms with Crippen molar-refractivity contribution < 1.29 is 19.5 Å². The Balaban J connectivity index is 1.98. The number of hydrogen-bond donors (Lipinski definition) is 1. The Morgan fingerprint density at radius 3 is 2.24 bits per heavy atom. The van der Waals surface area contributed by atoms with E-state index in [-0.39, 0.29) is 30.1 Å². The fourth-order valence-corrected chi connectivity index (χ4v) is 2.64. The molecule has 2 fully saturated rings. The van der Waals surface area contributed by atoms with E-state index in [1.165, 1.54) is 4.90 Å². The maximum Gasteiger partial charge on any atom is 0.304 e. The maximum absolute atomic E-state index is 11.9. The van der Waals surface area contributed by atoms with Crippen molar-refractivity contribution in [2.24, 2.45) is 11.8 Å². The summed E-state index contributed by atoms with van der Waals surface area (Å²) < 4.78 is 0. The number of amides is 2. The van der Waals surface area contributed by atoms with Crippen LogP contribution in [0.2, 0.25) is 0 Å². The lowest BCUT2D eigenvalue weighted by Crippen LogP contribution is -2.36. The van der Waals surface area contributed by atoms with E-state index in [2.05, 4.69) is 0 Å². The van der Waals surface area contributed by atoms with Crippen molar-refractivity contribution in [2.75, 3.05) is 26.2 Å². The molecule has 0 aromatic rings. The number of nitrogens with zero attached hydrogens (tertiary/aromatic N) is 2. The van der Waals surface area contributed by atoms with Gasteiger partial charge in [-0.3, -0.25) is 19.3 Å². The second kappa shape index (κ2) is 4.44. The van der Waals surface area contributed by atoms with Gasteiger partial charge in [-0.1, -0.05) is 0 Å². The van der Waals surface area contributed by atoms with Crippen LogP contribution in [0.3, 0.4) is 0 Å². The smallest absolute Gasteiger partial charge is 0.304 e. The fraction of sp³-hybridized carbons (Fsp3) is 0.727. The Kier molecular flexibility index (Phi) is 3.15. The molecule has 0 bridgehead atoms. The number of hydrogen-bond acceptors (Lipinski definition) is 4. The van der Waals surface area contributed by atoms with Crippen molar-refractivity contribution in [3.8, 4) is 0 Å². The highest BCUT2D eigenvalue weighted by Crippen LogP contribution is 2.33. The zero-order valence-electron chi connectivity index (χ0n) is 9.76. The fourth-order valence-electron chi connectivity index (χ4n) is 2.64. The SMILES string of the molecule is CCN1C(=O)[C@H]2CN(CCC(=O)O)C[C@H]2C1=O. The second-order valence-electron chi connectivity index (χ2n) is 4.54. The van der Waals surface area contributed by atoms with Gasteiger partial charge >= 0.3 is 5.97 Å². The van der Waals surface area contributed by atoms with Gasteiger partial charge in [0.2, 0.25) is 11.8 Å². The number of imide groups is 1. The third-order valence-electron chi connectivity index (χ3n) is 3.52. The summed E-state index contributed by atoms with van der Waals surface area (Å²) in [5.74, 6) is -1.55. The van der Waals surface area contributed by atoms with E-state index in [1.54, 1.807) is 6.92 Å². The van der Waals surface area contributed by atoms with Gasteiger partial charge in [0.25, 0.3) is 0 Å². The van der Waals surface area contributed by atoms with Gasteiger partial charge in [0, 0.05) is 26.2 Å². The molecule has 0 aliphatic carbocycles. The second-order valence-corrected chi connectivity index (χ2v) is 4.54. The largest absolute Gasteiger partial charge is 0.481 e. The average molecular weight is 240 g/mol. The Labute approximate surface area is 99.2 Å². The molecule has 6 nitrogen and oxygen atoms in total. The molecule has 2 saturated heterocycles. The molecule has 0 saturated carbocycles. The van der Waals surface area contributed by atoms with Crippen LogP contribution in [0.4, 0.5) is 0 Å². The van der Waals surface area contributed by atoms with Gasteiger partial charge in [-0.2, -0.15) is 0 Å². The van der Waals surface area contributed by atoms with Gasteiger partial charge in [-0.05, 0) is 6.92 Å². The molecule has 0 radical (unpaired) electrons. The van der Waals surface area contributed by atoms with Crippen LogP contribution in [0.15, 0.2) is 0 Å². The number of carboxylic acids is 1. The highest BCUT2D eigenvalue weighted by Gasteiger charge is 2.51. The van der Waals surface area contributed by atoms with E-state index in [0.29, 0.717) is 26.2 Å². The number of aliphatic carboxylic acids is 1. The summed E-state index contributed by atoms with van der Waals surface area (Å²) in [4.78, 5) is 37.4. The predicted octanol–water partition coefficient (Wildman–Crippen LogP) is -0.602. The molecule has 2 heterocycles. The molecule has 0 aromatic carbocycles. The summed E-state index contributed by atoms with van der Waals surface area (Å²) in [5.41, 5.74) is 0. The van der Waals surface area contributed by atoms with Crippen molar-refractivity contribution in [1.82, 2.24) is 9.80 Å². The lowest BCUT2D eigenvalue weighted by Gasteiger charge is -2.18. The average Bonchev–Trinajstić information content (AvgIpc) is 2.78. The molecule has 2 aliphatic heterocycles. The molecule has 2 amide bonds. The van der Waals surface area contributed by atoms with Gasteiger partial charge in [0.05, 0.1) is 18.3 Å². The molecule has 2 aliphatic rings. The van der Waals surface area contributed by atoms with Crippen LogP contribution < -0.4 is 0 Å². The van der Waals surface area contributed by atoms with E-state index >= 15 is 0 Å². The summed E-state index contributed by atoms with van der Waals surface area (Å²) in [5, 5.41) is 8.59. The summed E-state index contributed by atoms with van der Waals surface area (Å²) in [6.07, 6.45) is 0.0549. The molecule has 0 aromatic heterocycles. The van der Waals surface area contributed by atoms with Crippen LogP contribution in [0, 0.1) is 11.8 Å². The van der Waals surface area contributed by atoms with Crippen molar-refractivity contribution >= 4 is 17.8 Å². The number of carboxylic acid groups (broad SMARTS) is 1. The van der Waals surface area contributed by atoms with Gasteiger partial charge in [0.1, 0.15) is 0 Å². The zero-order valence-corrected chi connectivity index (χ0v) is 9.76. The van der Waals surface area contributed by atoms with Crippen molar-refractivity contribution in [2.45, 2.75) is 13.3 Å². The number of likely N-dealkylation sites (tertiary alicyclic amines) is 2. The first-order chi connectivity index (χ1) is 8.04.